The zero-order valence-electron chi connectivity index (χ0n) is 9.26. The van der Waals surface area contributed by atoms with Gasteiger partial charge in [0.1, 0.15) is 4.62 Å². The van der Waals surface area contributed by atoms with Crippen molar-refractivity contribution in [1.29, 1.82) is 0 Å². The summed E-state index contributed by atoms with van der Waals surface area (Å²) >= 11 is 3.37. The SMILES string of the molecule is CCCC1(C)N=C(Br)c2cccc(F)c2O1. The molecule has 4 heteroatoms. The molecule has 0 aliphatic carbocycles. The van der Waals surface area contributed by atoms with Gasteiger partial charge in [0.05, 0.1) is 5.56 Å². The Morgan fingerprint density at radius 1 is 1.50 bits per heavy atom. The van der Waals surface area contributed by atoms with Crippen molar-refractivity contribution < 1.29 is 9.13 Å². The zero-order valence-corrected chi connectivity index (χ0v) is 10.8. The number of para-hydroxylation sites is 1. The van der Waals surface area contributed by atoms with Crippen molar-refractivity contribution in [2.45, 2.75) is 32.4 Å². The van der Waals surface area contributed by atoms with Gasteiger partial charge in [-0.05, 0) is 35.0 Å². The fourth-order valence-corrected chi connectivity index (χ4v) is 2.54. The minimum absolute atomic E-state index is 0.292. The van der Waals surface area contributed by atoms with Crippen LogP contribution in [0.15, 0.2) is 23.2 Å². The largest absolute Gasteiger partial charge is 0.463 e. The number of halogens is 2. The molecule has 0 aromatic heterocycles. The topological polar surface area (TPSA) is 21.6 Å². The van der Waals surface area contributed by atoms with Gasteiger partial charge in [0, 0.05) is 6.42 Å². The molecular formula is C12H13BrFNO. The first-order valence-corrected chi connectivity index (χ1v) is 6.08. The molecule has 1 aliphatic heterocycles. The first-order valence-electron chi connectivity index (χ1n) is 5.29. The Labute approximate surface area is 103 Å². The van der Waals surface area contributed by atoms with E-state index in [0.29, 0.717) is 15.9 Å². The third kappa shape index (κ3) is 1.98. The van der Waals surface area contributed by atoms with Crippen LogP contribution in [0.2, 0.25) is 0 Å². The van der Waals surface area contributed by atoms with E-state index in [2.05, 4.69) is 27.8 Å². The second-order valence-electron chi connectivity index (χ2n) is 4.05. The maximum Gasteiger partial charge on any atom is 0.198 e. The van der Waals surface area contributed by atoms with Crippen molar-refractivity contribution in [3.63, 3.8) is 0 Å². The van der Waals surface area contributed by atoms with Crippen molar-refractivity contribution in [3.05, 3.63) is 29.6 Å². The molecule has 2 rings (SSSR count). The Hall–Kier alpha value is -0.900. The van der Waals surface area contributed by atoms with Gasteiger partial charge >= 0.3 is 0 Å². The molecule has 0 saturated carbocycles. The van der Waals surface area contributed by atoms with Gasteiger partial charge in [-0.2, -0.15) is 0 Å². The van der Waals surface area contributed by atoms with Gasteiger partial charge < -0.3 is 4.74 Å². The lowest BCUT2D eigenvalue weighted by Crippen LogP contribution is -2.34. The molecule has 0 bridgehead atoms. The smallest absolute Gasteiger partial charge is 0.198 e. The number of hydrogen-bond donors (Lipinski definition) is 0. The van der Waals surface area contributed by atoms with Gasteiger partial charge in [-0.1, -0.05) is 19.4 Å². The predicted molar refractivity (Wildman–Crippen MR) is 65.8 cm³/mol. The first-order chi connectivity index (χ1) is 7.56. The second kappa shape index (κ2) is 4.17. The maximum atomic E-state index is 13.6. The Balaban J connectivity index is 2.47. The molecule has 16 heavy (non-hydrogen) atoms. The number of ether oxygens (including phenoxy) is 1. The Bertz CT molecular complexity index is 447. The van der Waals surface area contributed by atoms with Crippen LogP contribution in [0.4, 0.5) is 4.39 Å². The molecule has 0 amide bonds. The molecule has 1 unspecified atom stereocenters. The minimum Gasteiger partial charge on any atom is -0.463 e. The highest BCUT2D eigenvalue weighted by molar-refractivity contribution is 9.18. The lowest BCUT2D eigenvalue weighted by Gasteiger charge is -2.31. The molecule has 2 nitrogen and oxygen atoms in total. The van der Waals surface area contributed by atoms with Crippen LogP contribution in [-0.2, 0) is 0 Å². The number of hydrogen-bond acceptors (Lipinski definition) is 2. The van der Waals surface area contributed by atoms with Gasteiger partial charge in [0.2, 0.25) is 0 Å². The maximum absolute atomic E-state index is 13.6. The predicted octanol–water partition coefficient (Wildman–Crippen LogP) is 3.88. The van der Waals surface area contributed by atoms with Crippen molar-refractivity contribution in [2.75, 3.05) is 0 Å². The Morgan fingerprint density at radius 3 is 2.94 bits per heavy atom. The van der Waals surface area contributed by atoms with Crippen LogP contribution in [0.1, 0.15) is 32.3 Å². The average Bonchev–Trinajstić information content (AvgIpc) is 2.20. The van der Waals surface area contributed by atoms with Gasteiger partial charge in [-0.3, -0.25) is 0 Å². The summed E-state index contributed by atoms with van der Waals surface area (Å²) in [5.41, 5.74) is 0.0107. The molecule has 1 atom stereocenters. The van der Waals surface area contributed by atoms with Crippen LogP contribution >= 0.6 is 15.9 Å². The quantitative estimate of drug-likeness (QED) is 0.808. The second-order valence-corrected chi connectivity index (χ2v) is 4.80. The van der Waals surface area contributed by atoms with Crippen molar-refractivity contribution in [1.82, 2.24) is 0 Å². The molecule has 86 valence electrons. The molecular weight excluding hydrogens is 273 g/mol. The summed E-state index contributed by atoms with van der Waals surface area (Å²) < 4.78 is 20.0. The van der Waals surface area contributed by atoms with Crippen LogP contribution in [-0.4, -0.2) is 10.3 Å². The van der Waals surface area contributed by atoms with E-state index in [-0.39, 0.29) is 5.82 Å². The summed E-state index contributed by atoms with van der Waals surface area (Å²) in [7, 11) is 0. The molecule has 1 aromatic rings. The number of benzene rings is 1. The highest BCUT2D eigenvalue weighted by Crippen LogP contribution is 2.36. The van der Waals surface area contributed by atoms with Crippen LogP contribution in [0.5, 0.6) is 5.75 Å². The van der Waals surface area contributed by atoms with E-state index in [1.54, 1.807) is 12.1 Å². The molecule has 1 aliphatic rings. The molecule has 0 spiro atoms. The summed E-state index contributed by atoms with van der Waals surface area (Å²) in [5.74, 6) is -0.0491. The van der Waals surface area contributed by atoms with E-state index >= 15 is 0 Å². The van der Waals surface area contributed by atoms with Gasteiger partial charge in [0.15, 0.2) is 17.3 Å². The summed E-state index contributed by atoms with van der Waals surface area (Å²) in [4.78, 5) is 4.43. The van der Waals surface area contributed by atoms with Crippen LogP contribution in [0, 0.1) is 5.82 Å². The van der Waals surface area contributed by atoms with Crippen molar-refractivity contribution >= 4 is 20.6 Å². The molecule has 1 aromatic carbocycles. The molecule has 0 N–H and O–H groups in total. The first kappa shape index (κ1) is 11.6. The summed E-state index contributed by atoms with van der Waals surface area (Å²) in [6.45, 7) is 3.92. The van der Waals surface area contributed by atoms with Crippen LogP contribution in [0.25, 0.3) is 0 Å². The normalized spacial score (nSPS) is 23.4. The monoisotopic (exact) mass is 285 g/mol. The van der Waals surface area contributed by atoms with E-state index < -0.39 is 5.72 Å². The van der Waals surface area contributed by atoms with Crippen molar-refractivity contribution in [3.8, 4) is 5.75 Å². The molecule has 1 heterocycles. The number of nitrogens with zero attached hydrogens (tertiary/aromatic N) is 1. The molecule has 0 radical (unpaired) electrons. The molecule has 0 fully saturated rings. The van der Waals surface area contributed by atoms with Gasteiger partial charge in [0.25, 0.3) is 0 Å². The lowest BCUT2D eigenvalue weighted by atomic mass is 10.1. The number of aliphatic imine (C=N–C) groups is 1. The van der Waals surface area contributed by atoms with Gasteiger partial charge in [-0.15, -0.1) is 0 Å². The van der Waals surface area contributed by atoms with E-state index in [9.17, 15) is 4.39 Å². The van der Waals surface area contributed by atoms with E-state index in [0.717, 1.165) is 12.8 Å². The standard InChI is InChI=1S/C12H13BrFNO/c1-3-7-12(2)15-11(13)8-5-4-6-9(14)10(8)16-12/h4-6H,3,7H2,1-2H3. The third-order valence-corrected chi connectivity index (χ3v) is 3.16. The fraction of sp³-hybridized carbons (Fsp3) is 0.417. The average molecular weight is 286 g/mol. The highest BCUT2D eigenvalue weighted by Gasteiger charge is 2.32. The minimum atomic E-state index is -0.664. The van der Waals surface area contributed by atoms with Crippen LogP contribution in [0.3, 0.4) is 0 Å². The van der Waals surface area contributed by atoms with E-state index in [4.69, 9.17) is 4.74 Å². The lowest BCUT2D eigenvalue weighted by molar-refractivity contribution is 0.0793. The Morgan fingerprint density at radius 2 is 2.25 bits per heavy atom. The fourth-order valence-electron chi connectivity index (χ4n) is 1.86. The summed E-state index contributed by atoms with van der Waals surface area (Å²) in [6, 6.07) is 4.84. The highest BCUT2D eigenvalue weighted by atomic mass is 79.9. The number of rotatable bonds is 2. The zero-order chi connectivity index (χ0) is 11.8. The Kier molecular flexibility index (Phi) is 3.02. The summed E-state index contributed by atoms with van der Waals surface area (Å²) in [5, 5.41) is 0. The van der Waals surface area contributed by atoms with Gasteiger partial charge in [-0.25, -0.2) is 9.38 Å². The number of fused-ring (bicyclic) bond motifs is 1. The summed E-state index contributed by atoms with van der Waals surface area (Å²) in [6.07, 6.45) is 1.69. The molecule has 0 saturated heterocycles. The van der Waals surface area contributed by atoms with Crippen LogP contribution < -0.4 is 4.74 Å². The van der Waals surface area contributed by atoms with E-state index in [1.807, 2.05) is 6.92 Å². The van der Waals surface area contributed by atoms with E-state index in [1.165, 1.54) is 6.07 Å². The van der Waals surface area contributed by atoms with Crippen molar-refractivity contribution in [2.24, 2.45) is 4.99 Å². The third-order valence-electron chi connectivity index (χ3n) is 2.56.